The van der Waals surface area contributed by atoms with Crippen LogP contribution >= 0.6 is 15.9 Å². The van der Waals surface area contributed by atoms with Crippen molar-refractivity contribution in [2.75, 3.05) is 15.7 Å². The molecule has 2 atom stereocenters. The number of unbranched alkanes of at least 4 members (excludes halogenated alkanes) is 1. The molecule has 3 rings (SSSR count). The Kier molecular flexibility index (Phi) is 10.9. The normalized spacial score (nSPS) is 12.5. The lowest BCUT2D eigenvalue weighted by Gasteiger charge is -2.28. The van der Waals surface area contributed by atoms with Gasteiger partial charge < -0.3 is 15.1 Å². The molecule has 3 aromatic rings. The fraction of sp³-hybridized carbons (Fsp3) is 0.286. The van der Waals surface area contributed by atoms with Gasteiger partial charge in [-0.3, -0.25) is 13.7 Å². The molecular formula is C28H31BrN2O6S. The van der Waals surface area contributed by atoms with Crippen LogP contribution in [0.3, 0.4) is 0 Å². The smallest absolute Gasteiger partial charge is 0.327 e. The Labute approximate surface area is 233 Å². The highest BCUT2D eigenvalue weighted by atomic mass is 79.9. The number of amides is 1. The summed E-state index contributed by atoms with van der Waals surface area (Å²) < 4.78 is 24.2. The molecule has 0 aliphatic rings. The van der Waals surface area contributed by atoms with Crippen LogP contribution in [0.1, 0.15) is 39.0 Å². The van der Waals surface area contributed by atoms with Gasteiger partial charge in [-0.1, -0.05) is 59.3 Å². The van der Waals surface area contributed by atoms with Gasteiger partial charge in [-0.15, -0.1) is 0 Å². The number of hydrogen-bond donors (Lipinski definition) is 3. The molecule has 0 aliphatic carbocycles. The maximum Gasteiger partial charge on any atom is 0.327 e. The topological polar surface area (TPSA) is 118 Å². The number of anilines is 2. The summed E-state index contributed by atoms with van der Waals surface area (Å²) >= 11 is 0.835. The van der Waals surface area contributed by atoms with Crippen molar-refractivity contribution in [3.8, 4) is 16.9 Å². The lowest BCUT2D eigenvalue weighted by molar-refractivity contribution is -0.138. The number of hydrogen-bond acceptors (Lipinski definition) is 4. The second-order valence-corrected chi connectivity index (χ2v) is 10.5. The fourth-order valence-electron chi connectivity index (χ4n) is 4.19. The molecule has 0 fully saturated rings. The minimum absolute atomic E-state index is 0.00574. The maximum atomic E-state index is 12.7. The van der Waals surface area contributed by atoms with Crippen molar-refractivity contribution in [3.63, 3.8) is 0 Å². The molecule has 0 aromatic heterocycles. The van der Waals surface area contributed by atoms with E-state index >= 15 is 0 Å². The Bertz CT molecular complexity index is 1250. The van der Waals surface area contributed by atoms with Gasteiger partial charge in [-0.2, -0.15) is 0 Å². The number of nitrogens with zero attached hydrogens (tertiary/aromatic N) is 2. The molecule has 0 spiro atoms. The first-order chi connectivity index (χ1) is 18.2. The van der Waals surface area contributed by atoms with E-state index in [0.717, 1.165) is 19.9 Å². The summed E-state index contributed by atoms with van der Waals surface area (Å²) in [6.07, 6.45) is 1.89. The maximum absolute atomic E-state index is 12.7. The van der Waals surface area contributed by atoms with Crippen LogP contribution in [0, 0.1) is 0 Å². The molecule has 0 saturated carbocycles. The van der Waals surface area contributed by atoms with Crippen molar-refractivity contribution >= 4 is 50.4 Å². The van der Waals surface area contributed by atoms with Crippen molar-refractivity contribution in [2.45, 2.75) is 45.1 Å². The Balaban J connectivity index is 1.71. The molecule has 202 valence electrons. The van der Waals surface area contributed by atoms with E-state index in [1.165, 1.54) is 11.0 Å². The van der Waals surface area contributed by atoms with E-state index in [9.17, 15) is 28.6 Å². The van der Waals surface area contributed by atoms with Crippen molar-refractivity contribution in [1.82, 2.24) is 0 Å². The number of carbonyl (C=O) groups is 2. The second kappa shape index (κ2) is 14.1. The van der Waals surface area contributed by atoms with Crippen LogP contribution in [0.25, 0.3) is 11.1 Å². The quantitative estimate of drug-likeness (QED) is 0.158. The van der Waals surface area contributed by atoms with Crippen LogP contribution < -0.4 is 9.21 Å². The standard InChI is InChI=1S/C28H31BrN2O6S/c1-2-7-27(33)30(24-8-3-4-10-26(24)32)19-6-5-9-25(28(34)35)31(38(36)37)23-17-13-21(14-18-23)20-11-15-22(29)16-12-20/h3-4,8,10-18,25,32H,2,5-7,9,19H2,1H3,(H,34,35)(H,36,37). The highest BCUT2D eigenvalue weighted by molar-refractivity contribution is 9.10. The molecule has 3 N–H and O–H groups in total. The Hall–Kier alpha value is -3.21. The molecule has 10 heteroatoms. The van der Waals surface area contributed by atoms with Crippen LogP contribution in [0.5, 0.6) is 5.75 Å². The number of carbonyl (C=O) groups excluding carboxylic acids is 1. The van der Waals surface area contributed by atoms with E-state index in [4.69, 9.17) is 0 Å². The van der Waals surface area contributed by atoms with Gasteiger partial charge in [0.15, 0.2) is 0 Å². The third-order valence-electron chi connectivity index (χ3n) is 6.08. The highest BCUT2D eigenvalue weighted by Gasteiger charge is 2.30. The van der Waals surface area contributed by atoms with Crippen molar-refractivity contribution in [1.29, 1.82) is 0 Å². The number of para-hydroxylation sites is 2. The molecular weight excluding hydrogens is 572 g/mol. The predicted octanol–water partition coefficient (Wildman–Crippen LogP) is 6.22. The molecule has 1 amide bonds. The number of phenols is 1. The number of phenolic OH excluding ortho intramolecular Hbond substituents is 1. The number of benzene rings is 3. The van der Waals surface area contributed by atoms with E-state index in [2.05, 4.69) is 15.9 Å². The molecule has 0 radical (unpaired) electrons. The Morgan fingerprint density at radius 1 is 0.947 bits per heavy atom. The molecule has 0 saturated heterocycles. The third-order valence-corrected chi connectivity index (χ3v) is 7.41. The van der Waals surface area contributed by atoms with Gasteiger partial charge in [-0.25, -0.2) is 9.00 Å². The van der Waals surface area contributed by atoms with Gasteiger partial charge in [0.1, 0.15) is 11.8 Å². The zero-order chi connectivity index (χ0) is 27.7. The molecule has 3 aromatic carbocycles. The lowest BCUT2D eigenvalue weighted by atomic mass is 10.0. The van der Waals surface area contributed by atoms with Crippen LogP contribution in [0.2, 0.25) is 0 Å². The average Bonchev–Trinajstić information content (AvgIpc) is 2.89. The van der Waals surface area contributed by atoms with E-state index in [1.807, 2.05) is 31.2 Å². The highest BCUT2D eigenvalue weighted by Crippen LogP contribution is 2.29. The Morgan fingerprint density at radius 3 is 2.11 bits per heavy atom. The number of rotatable bonds is 13. The fourth-order valence-corrected chi connectivity index (χ4v) is 5.17. The summed E-state index contributed by atoms with van der Waals surface area (Å²) in [5.41, 5.74) is 2.56. The monoisotopic (exact) mass is 602 g/mol. The third kappa shape index (κ3) is 7.66. The summed E-state index contributed by atoms with van der Waals surface area (Å²) in [5.74, 6) is -1.36. The molecule has 0 bridgehead atoms. The van der Waals surface area contributed by atoms with Gasteiger partial charge in [-0.05, 0) is 73.2 Å². The number of halogens is 1. The summed E-state index contributed by atoms with van der Waals surface area (Å²) in [7, 11) is 0. The van der Waals surface area contributed by atoms with Gasteiger partial charge >= 0.3 is 5.97 Å². The molecule has 0 aliphatic heterocycles. The first kappa shape index (κ1) is 29.3. The van der Waals surface area contributed by atoms with Crippen molar-refractivity contribution < 1.29 is 28.6 Å². The van der Waals surface area contributed by atoms with Crippen molar-refractivity contribution in [2.24, 2.45) is 0 Å². The van der Waals surface area contributed by atoms with E-state index in [-0.39, 0.29) is 24.6 Å². The van der Waals surface area contributed by atoms with Crippen LogP contribution in [0.15, 0.2) is 77.3 Å². The number of carboxylic acids is 1. The second-order valence-electron chi connectivity index (χ2n) is 8.74. The van der Waals surface area contributed by atoms with E-state index in [1.54, 1.807) is 42.5 Å². The van der Waals surface area contributed by atoms with Gasteiger partial charge in [0.05, 0.1) is 11.4 Å². The minimum atomic E-state index is -2.57. The predicted molar refractivity (Wildman–Crippen MR) is 153 cm³/mol. The average molecular weight is 604 g/mol. The molecule has 38 heavy (non-hydrogen) atoms. The first-order valence-electron chi connectivity index (χ1n) is 12.3. The van der Waals surface area contributed by atoms with E-state index in [0.29, 0.717) is 37.1 Å². The van der Waals surface area contributed by atoms with Crippen LogP contribution in [-0.4, -0.2) is 43.4 Å². The van der Waals surface area contributed by atoms with E-state index < -0.39 is 23.3 Å². The minimum Gasteiger partial charge on any atom is -0.506 e. The van der Waals surface area contributed by atoms with Crippen LogP contribution in [-0.2, 0) is 20.9 Å². The summed E-state index contributed by atoms with van der Waals surface area (Å²) in [5, 5.41) is 20.1. The summed E-state index contributed by atoms with van der Waals surface area (Å²) in [6.45, 7) is 2.18. The van der Waals surface area contributed by atoms with Crippen molar-refractivity contribution in [3.05, 3.63) is 77.3 Å². The first-order valence-corrected chi connectivity index (χ1v) is 14.2. The molecule has 8 nitrogen and oxygen atoms in total. The zero-order valence-electron chi connectivity index (χ0n) is 21.0. The summed E-state index contributed by atoms with van der Waals surface area (Å²) in [6, 6.07) is 19.8. The molecule has 2 unspecified atom stereocenters. The largest absolute Gasteiger partial charge is 0.506 e. The van der Waals surface area contributed by atoms with Crippen LogP contribution in [0.4, 0.5) is 11.4 Å². The SMILES string of the molecule is CCCC(=O)N(CCCCC(C(=O)O)N(c1ccc(-c2ccc(Br)cc2)cc1)S(=O)O)c1ccccc1O. The number of aliphatic carboxylic acids is 1. The molecule has 0 heterocycles. The summed E-state index contributed by atoms with van der Waals surface area (Å²) in [4.78, 5) is 26.3. The number of carboxylic acid groups (broad SMARTS) is 1. The zero-order valence-corrected chi connectivity index (χ0v) is 23.4. The lowest BCUT2D eigenvalue weighted by Crippen LogP contribution is -2.42. The van der Waals surface area contributed by atoms with Gasteiger partial charge in [0.25, 0.3) is 11.3 Å². The Morgan fingerprint density at radius 2 is 1.55 bits per heavy atom. The number of aromatic hydroxyl groups is 1. The van der Waals surface area contributed by atoms with Gasteiger partial charge in [0, 0.05) is 17.4 Å². The van der Waals surface area contributed by atoms with Gasteiger partial charge in [0.2, 0.25) is 5.91 Å².